The highest BCUT2D eigenvalue weighted by Crippen LogP contribution is 2.40. The van der Waals surface area contributed by atoms with Crippen LogP contribution in [0.3, 0.4) is 0 Å². The molecule has 3 heteroatoms. The summed E-state index contributed by atoms with van der Waals surface area (Å²) in [6, 6.07) is 50.0. The Morgan fingerprint density at radius 1 is 0.400 bits per heavy atom. The van der Waals surface area contributed by atoms with E-state index in [1.54, 1.807) is 0 Å². The van der Waals surface area contributed by atoms with Gasteiger partial charge in [-0.2, -0.15) is 0 Å². The Morgan fingerprint density at radius 2 is 1.07 bits per heavy atom. The zero-order valence-corrected chi connectivity index (χ0v) is 21.6. The standard InChI is InChI=1S/C37H23N3/c1-2-11-26(12-3-1)39-33-16-8-5-13-27(33)29-20-18-25-22-31-28-14-6-9-17-34(28)40(35(31)23-30(25)37(29)39)36-21-19-24-10-4-7-15-32(24)38-36/h1-23H. The van der Waals surface area contributed by atoms with Crippen LogP contribution in [-0.4, -0.2) is 14.1 Å². The Morgan fingerprint density at radius 3 is 1.93 bits per heavy atom. The Balaban J connectivity index is 1.47. The zero-order chi connectivity index (χ0) is 26.2. The van der Waals surface area contributed by atoms with Crippen LogP contribution in [0, 0.1) is 0 Å². The van der Waals surface area contributed by atoms with Crippen LogP contribution < -0.4 is 0 Å². The minimum Gasteiger partial charge on any atom is -0.309 e. The van der Waals surface area contributed by atoms with E-state index in [4.69, 9.17) is 4.98 Å². The molecule has 3 heterocycles. The van der Waals surface area contributed by atoms with Crippen molar-refractivity contribution in [2.75, 3.05) is 0 Å². The maximum absolute atomic E-state index is 5.12. The quantitative estimate of drug-likeness (QED) is 0.227. The third-order valence-corrected chi connectivity index (χ3v) is 8.27. The van der Waals surface area contributed by atoms with E-state index in [9.17, 15) is 0 Å². The molecule has 3 nitrogen and oxygen atoms in total. The first-order valence-electron chi connectivity index (χ1n) is 13.7. The van der Waals surface area contributed by atoms with Crippen molar-refractivity contribution in [3.05, 3.63) is 140 Å². The van der Waals surface area contributed by atoms with E-state index in [1.807, 2.05) is 0 Å². The molecule has 0 atom stereocenters. The van der Waals surface area contributed by atoms with Crippen molar-refractivity contribution in [2.45, 2.75) is 0 Å². The van der Waals surface area contributed by atoms with Crippen molar-refractivity contribution in [3.63, 3.8) is 0 Å². The zero-order valence-electron chi connectivity index (χ0n) is 21.6. The van der Waals surface area contributed by atoms with Gasteiger partial charge in [-0.3, -0.25) is 4.57 Å². The van der Waals surface area contributed by atoms with Gasteiger partial charge < -0.3 is 4.57 Å². The minimum absolute atomic E-state index is 0.931. The van der Waals surface area contributed by atoms with Crippen LogP contribution in [0.4, 0.5) is 0 Å². The SMILES string of the molecule is c1ccc(-n2c3ccccc3c3ccc4cc5c6ccccc6n(-c6ccc7ccccc7n6)c5cc4c32)cc1. The molecular formula is C37H23N3. The van der Waals surface area contributed by atoms with Crippen molar-refractivity contribution in [1.29, 1.82) is 0 Å². The Hall–Kier alpha value is -5.41. The largest absolute Gasteiger partial charge is 0.309 e. The molecule has 6 aromatic carbocycles. The molecule has 0 bridgehead atoms. The summed E-state index contributed by atoms with van der Waals surface area (Å²) in [6.45, 7) is 0. The van der Waals surface area contributed by atoms with Crippen molar-refractivity contribution in [2.24, 2.45) is 0 Å². The highest BCUT2D eigenvalue weighted by atomic mass is 15.1. The number of fused-ring (bicyclic) bond motifs is 9. The van der Waals surface area contributed by atoms with Crippen LogP contribution in [0.5, 0.6) is 0 Å². The average Bonchev–Trinajstić information content (AvgIpc) is 3.53. The fraction of sp³-hybridized carbons (Fsp3) is 0. The lowest BCUT2D eigenvalue weighted by atomic mass is 10.0. The van der Waals surface area contributed by atoms with Gasteiger partial charge >= 0.3 is 0 Å². The van der Waals surface area contributed by atoms with E-state index in [0.717, 1.165) is 33.4 Å². The molecule has 0 amide bonds. The summed E-state index contributed by atoms with van der Waals surface area (Å²) >= 11 is 0. The van der Waals surface area contributed by atoms with Gasteiger partial charge in [-0.25, -0.2) is 4.98 Å². The molecule has 9 rings (SSSR count). The second-order valence-electron chi connectivity index (χ2n) is 10.5. The molecule has 186 valence electrons. The Labute approximate surface area is 230 Å². The van der Waals surface area contributed by atoms with Crippen molar-refractivity contribution in [1.82, 2.24) is 14.1 Å². The number of rotatable bonds is 2. The van der Waals surface area contributed by atoms with E-state index in [2.05, 4.69) is 149 Å². The molecular weight excluding hydrogens is 486 g/mol. The molecule has 40 heavy (non-hydrogen) atoms. The van der Waals surface area contributed by atoms with Gasteiger partial charge in [0.2, 0.25) is 0 Å². The number of benzene rings is 6. The van der Waals surface area contributed by atoms with Gasteiger partial charge in [0, 0.05) is 38.0 Å². The average molecular weight is 510 g/mol. The molecule has 0 spiro atoms. The third-order valence-electron chi connectivity index (χ3n) is 8.27. The smallest absolute Gasteiger partial charge is 0.138 e. The van der Waals surface area contributed by atoms with Gasteiger partial charge in [-0.05, 0) is 60.0 Å². The van der Waals surface area contributed by atoms with E-state index in [1.165, 1.54) is 43.4 Å². The number of hydrogen-bond donors (Lipinski definition) is 0. The summed E-state index contributed by atoms with van der Waals surface area (Å²) in [7, 11) is 0. The second kappa shape index (κ2) is 8.05. The lowest BCUT2D eigenvalue weighted by Gasteiger charge is -2.11. The van der Waals surface area contributed by atoms with Crippen LogP contribution in [0.1, 0.15) is 0 Å². The predicted molar refractivity (Wildman–Crippen MR) is 168 cm³/mol. The predicted octanol–water partition coefficient (Wildman–Crippen LogP) is 9.58. The molecule has 0 fully saturated rings. The minimum atomic E-state index is 0.931. The first-order chi connectivity index (χ1) is 19.8. The lowest BCUT2D eigenvalue weighted by Crippen LogP contribution is -1.98. The topological polar surface area (TPSA) is 22.8 Å². The van der Waals surface area contributed by atoms with Crippen molar-refractivity contribution < 1.29 is 0 Å². The van der Waals surface area contributed by atoms with E-state index in [0.29, 0.717) is 0 Å². The number of aromatic nitrogens is 3. The maximum Gasteiger partial charge on any atom is 0.138 e. The highest BCUT2D eigenvalue weighted by molar-refractivity contribution is 6.22. The summed E-state index contributed by atoms with van der Waals surface area (Å²) in [4.78, 5) is 5.12. The highest BCUT2D eigenvalue weighted by Gasteiger charge is 2.18. The molecule has 0 saturated carbocycles. The summed E-state index contributed by atoms with van der Waals surface area (Å²) in [6.07, 6.45) is 0. The summed E-state index contributed by atoms with van der Waals surface area (Å²) < 4.78 is 4.74. The van der Waals surface area contributed by atoms with Gasteiger partial charge in [0.1, 0.15) is 5.82 Å². The fourth-order valence-electron chi connectivity index (χ4n) is 6.52. The number of pyridine rings is 1. The maximum atomic E-state index is 5.12. The molecule has 0 radical (unpaired) electrons. The Bertz CT molecular complexity index is 2430. The van der Waals surface area contributed by atoms with E-state index in [-0.39, 0.29) is 0 Å². The molecule has 0 aliphatic heterocycles. The lowest BCUT2D eigenvalue weighted by molar-refractivity contribution is 1.10. The molecule has 9 aromatic rings. The van der Waals surface area contributed by atoms with Crippen LogP contribution in [0.2, 0.25) is 0 Å². The first-order valence-corrected chi connectivity index (χ1v) is 13.7. The van der Waals surface area contributed by atoms with Crippen molar-refractivity contribution in [3.8, 4) is 11.5 Å². The molecule has 0 aliphatic carbocycles. The summed E-state index contributed by atoms with van der Waals surface area (Å²) in [5, 5.41) is 8.60. The van der Waals surface area contributed by atoms with Crippen molar-refractivity contribution >= 4 is 65.3 Å². The number of nitrogens with zero attached hydrogens (tertiary/aromatic N) is 3. The number of para-hydroxylation sites is 4. The molecule has 0 N–H and O–H groups in total. The summed E-state index contributed by atoms with van der Waals surface area (Å²) in [5.41, 5.74) is 6.93. The molecule has 0 saturated heterocycles. The van der Waals surface area contributed by atoms with Gasteiger partial charge in [0.15, 0.2) is 0 Å². The first kappa shape index (κ1) is 21.5. The van der Waals surface area contributed by atoms with Gasteiger partial charge in [0.05, 0.1) is 27.6 Å². The summed E-state index contributed by atoms with van der Waals surface area (Å²) in [5.74, 6) is 0.931. The van der Waals surface area contributed by atoms with Gasteiger partial charge in [-0.15, -0.1) is 0 Å². The van der Waals surface area contributed by atoms with Crippen LogP contribution in [0.15, 0.2) is 140 Å². The van der Waals surface area contributed by atoms with Crippen LogP contribution >= 0.6 is 0 Å². The Kier molecular flexibility index (Phi) is 4.33. The van der Waals surface area contributed by atoms with Crippen LogP contribution in [0.25, 0.3) is 76.8 Å². The molecule has 3 aromatic heterocycles. The van der Waals surface area contributed by atoms with Gasteiger partial charge in [0.25, 0.3) is 0 Å². The normalized spacial score (nSPS) is 12.0. The van der Waals surface area contributed by atoms with E-state index < -0.39 is 0 Å². The molecule has 0 aliphatic rings. The monoisotopic (exact) mass is 509 g/mol. The third kappa shape index (κ3) is 2.92. The number of hydrogen-bond acceptors (Lipinski definition) is 1. The fourth-order valence-corrected chi connectivity index (χ4v) is 6.52. The van der Waals surface area contributed by atoms with Gasteiger partial charge in [-0.1, -0.05) is 84.9 Å². The second-order valence-corrected chi connectivity index (χ2v) is 10.5. The van der Waals surface area contributed by atoms with E-state index >= 15 is 0 Å². The molecule has 0 unspecified atom stereocenters. The van der Waals surface area contributed by atoms with Crippen LogP contribution in [-0.2, 0) is 0 Å².